The summed E-state index contributed by atoms with van der Waals surface area (Å²) < 4.78 is 0. The third-order valence-corrected chi connectivity index (χ3v) is 6.80. The Morgan fingerprint density at radius 1 is 1.10 bits per heavy atom. The lowest BCUT2D eigenvalue weighted by molar-refractivity contribution is 0.0469. The molecule has 3 heteroatoms. The Bertz CT molecular complexity index is 365. The number of aliphatic hydroxyl groups excluding tert-OH is 1. The van der Waals surface area contributed by atoms with Gasteiger partial charge in [-0.15, -0.1) is 0 Å². The van der Waals surface area contributed by atoms with Crippen molar-refractivity contribution in [2.45, 2.75) is 65.0 Å². The van der Waals surface area contributed by atoms with Crippen molar-refractivity contribution in [3.63, 3.8) is 0 Å². The molecule has 1 heterocycles. The first-order valence-corrected chi connectivity index (χ1v) is 9.02. The molecule has 0 amide bonds. The smallest absolute Gasteiger partial charge is 0.0583 e. The van der Waals surface area contributed by atoms with Crippen LogP contribution < -0.4 is 5.73 Å². The Hall–Kier alpha value is -0.120. The molecule has 0 aromatic carbocycles. The van der Waals surface area contributed by atoms with E-state index in [-0.39, 0.29) is 6.10 Å². The summed E-state index contributed by atoms with van der Waals surface area (Å²) in [6, 6.07) is 0.658. The number of aliphatic hydroxyl groups is 1. The van der Waals surface area contributed by atoms with Crippen LogP contribution in [-0.4, -0.2) is 41.8 Å². The van der Waals surface area contributed by atoms with E-state index < -0.39 is 0 Å². The van der Waals surface area contributed by atoms with Crippen LogP contribution in [0.5, 0.6) is 0 Å². The second-order valence-electron chi connectivity index (χ2n) is 8.96. The third kappa shape index (κ3) is 3.02. The minimum Gasteiger partial charge on any atom is -0.393 e. The van der Waals surface area contributed by atoms with Crippen LogP contribution in [0.25, 0.3) is 0 Å². The Balaban J connectivity index is 1.69. The highest BCUT2D eigenvalue weighted by Crippen LogP contribution is 2.45. The van der Waals surface area contributed by atoms with Crippen molar-refractivity contribution >= 4 is 0 Å². The number of nitrogens with zero attached hydrogens (tertiary/aromatic N) is 1. The molecule has 1 saturated heterocycles. The molecule has 0 aromatic heterocycles. The molecule has 0 bridgehead atoms. The molecule has 2 saturated carbocycles. The quantitative estimate of drug-likeness (QED) is 0.822. The van der Waals surface area contributed by atoms with Crippen LogP contribution in [0, 0.1) is 29.1 Å². The van der Waals surface area contributed by atoms with E-state index in [1.807, 2.05) is 0 Å². The average molecular weight is 294 g/mol. The van der Waals surface area contributed by atoms with Gasteiger partial charge in [-0.05, 0) is 61.8 Å². The van der Waals surface area contributed by atoms with E-state index in [4.69, 9.17) is 5.73 Å². The maximum atomic E-state index is 10.2. The first kappa shape index (κ1) is 15.8. The fraction of sp³-hybridized carbons (Fsp3) is 1.00. The number of hydrogen-bond donors (Lipinski definition) is 2. The highest BCUT2D eigenvalue weighted by atomic mass is 16.3. The fourth-order valence-corrected chi connectivity index (χ4v) is 5.26. The predicted octanol–water partition coefficient (Wildman–Crippen LogP) is 2.48. The third-order valence-electron chi connectivity index (χ3n) is 6.80. The lowest BCUT2D eigenvalue weighted by Crippen LogP contribution is -2.48. The molecule has 2 aliphatic carbocycles. The van der Waals surface area contributed by atoms with E-state index >= 15 is 0 Å². The van der Waals surface area contributed by atoms with Crippen molar-refractivity contribution in [2.24, 2.45) is 34.8 Å². The second kappa shape index (κ2) is 5.82. The van der Waals surface area contributed by atoms with Crippen molar-refractivity contribution in [2.75, 3.05) is 19.6 Å². The van der Waals surface area contributed by atoms with Crippen LogP contribution in [0.3, 0.4) is 0 Å². The van der Waals surface area contributed by atoms with E-state index in [9.17, 15) is 5.11 Å². The van der Waals surface area contributed by atoms with E-state index in [2.05, 4.69) is 25.7 Å². The standard InChI is InChI=1S/C18H34N2O/c1-18(2,3)14-6-4-12(9-19)16(8-14)20-10-13-5-7-17(21)15(13)11-20/h12-17,21H,4-11,19H2,1-3H3. The first-order chi connectivity index (χ1) is 9.90. The van der Waals surface area contributed by atoms with Crippen LogP contribution in [0.4, 0.5) is 0 Å². The molecule has 1 aliphatic heterocycles. The number of hydrogen-bond acceptors (Lipinski definition) is 3. The molecule has 3 fully saturated rings. The fourth-order valence-electron chi connectivity index (χ4n) is 5.26. The molecule has 6 unspecified atom stereocenters. The van der Waals surface area contributed by atoms with Gasteiger partial charge in [-0.25, -0.2) is 0 Å². The number of likely N-dealkylation sites (tertiary alicyclic amines) is 1. The molecule has 6 atom stereocenters. The Morgan fingerprint density at radius 3 is 2.48 bits per heavy atom. The van der Waals surface area contributed by atoms with Gasteiger partial charge in [-0.2, -0.15) is 0 Å². The van der Waals surface area contributed by atoms with Crippen molar-refractivity contribution in [1.29, 1.82) is 0 Å². The van der Waals surface area contributed by atoms with Crippen LogP contribution in [0.2, 0.25) is 0 Å². The molecule has 122 valence electrons. The highest BCUT2D eigenvalue weighted by Gasteiger charge is 2.46. The van der Waals surface area contributed by atoms with Crippen molar-refractivity contribution in [3.8, 4) is 0 Å². The van der Waals surface area contributed by atoms with Gasteiger partial charge < -0.3 is 10.8 Å². The van der Waals surface area contributed by atoms with Gasteiger partial charge in [0.25, 0.3) is 0 Å². The summed E-state index contributed by atoms with van der Waals surface area (Å²) in [5.41, 5.74) is 6.49. The van der Waals surface area contributed by atoms with Gasteiger partial charge >= 0.3 is 0 Å². The summed E-state index contributed by atoms with van der Waals surface area (Å²) >= 11 is 0. The minimum absolute atomic E-state index is 0.0432. The Morgan fingerprint density at radius 2 is 1.86 bits per heavy atom. The summed E-state index contributed by atoms with van der Waals surface area (Å²) in [7, 11) is 0. The van der Waals surface area contributed by atoms with Crippen LogP contribution in [0.1, 0.15) is 52.9 Å². The zero-order valence-corrected chi connectivity index (χ0v) is 14.1. The molecule has 21 heavy (non-hydrogen) atoms. The van der Waals surface area contributed by atoms with E-state index in [0.29, 0.717) is 23.3 Å². The molecular weight excluding hydrogens is 260 g/mol. The van der Waals surface area contributed by atoms with Gasteiger partial charge in [-0.1, -0.05) is 20.8 Å². The largest absolute Gasteiger partial charge is 0.393 e. The molecular formula is C18H34N2O. The van der Waals surface area contributed by atoms with Gasteiger partial charge in [0.1, 0.15) is 0 Å². The Labute approximate surface area is 130 Å². The highest BCUT2D eigenvalue weighted by molar-refractivity contribution is 4.99. The molecule has 3 nitrogen and oxygen atoms in total. The maximum absolute atomic E-state index is 10.2. The molecule has 0 spiro atoms. The molecule has 3 N–H and O–H groups in total. The van der Waals surface area contributed by atoms with Crippen LogP contribution >= 0.6 is 0 Å². The normalized spacial score (nSPS) is 45.0. The summed E-state index contributed by atoms with van der Waals surface area (Å²) in [5.74, 6) is 2.77. The van der Waals surface area contributed by atoms with Gasteiger partial charge in [0, 0.05) is 25.0 Å². The summed E-state index contributed by atoms with van der Waals surface area (Å²) in [5, 5.41) is 10.2. The molecule has 0 radical (unpaired) electrons. The lowest BCUT2D eigenvalue weighted by atomic mass is 9.67. The van der Waals surface area contributed by atoms with E-state index in [1.54, 1.807) is 0 Å². The zero-order valence-electron chi connectivity index (χ0n) is 14.1. The van der Waals surface area contributed by atoms with Crippen molar-refractivity contribution in [1.82, 2.24) is 4.90 Å². The average Bonchev–Trinajstić information content (AvgIpc) is 3.00. The lowest BCUT2D eigenvalue weighted by Gasteiger charge is -2.45. The topological polar surface area (TPSA) is 49.5 Å². The van der Waals surface area contributed by atoms with Gasteiger partial charge in [-0.3, -0.25) is 4.90 Å². The maximum Gasteiger partial charge on any atom is 0.0583 e. The number of fused-ring (bicyclic) bond motifs is 1. The van der Waals surface area contributed by atoms with Crippen molar-refractivity contribution < 1.29 is 5.11 Å². The van der Waals surface area contributed by atoms with E-state index in [0.717, 1.165) is 31.3 Å². The first-order valence-electron chi connectivity index (χ1n) is 9.02. The minimum atomic E-state index is -0.0432. The zero-order chi connectivity index (χ0) is 15.2. The van der Waals surface area contributed by atoms with E-state index in [1.165, 1.54) is 32.2 Å². The number of rotatable bonds is 2. The number of nitrogens with two attached hydrogens (primary N) is 1. The summed E-state index contributed by atoms with van der Waals surface area (Å²) in [6.07, 6.45) is 6.14. The second-order valence-corrected chi connectivity index (χ2v) is 8.96. The monoisotopic (exact) mass is 294 g/mol. The summed E-state index contributed by atoms with van der Waals surface area (Å²) in [6.45, 7) is 10.3. The van der Waals surface area contributed by atoms with Gasteiger partial charge in [0.2, 0.25) is 0 Å². The molecule has 0 aromatic rings. The summed E-state index contributed by atoms with van der Waals surface area (Å²) in [4.78, 5) is 2.70. The van der Waals surface area contributed by atoms with Crippen LogP contribution in [-0.2, 0) is 0 Å². The molecule has 3 rings (SSSR count). The SMILES string of the molecule is CC(C)(C)C1CCC(CN)C(N2CC3CCC(O)C3C2)C1. The van der Waals surface area contributed by atoms with Gasteiger partial charge in [0.05, 0.1) is 6.10 Å². The Kier molecular flexibility index (Phi) is 4.37. The van der Waals surface area contributed by atoms with Crippen LogP contribution in [0.15, 0.2) is 0 Å². The predicted molar refractivity (Wildman–Crippen MR) is 86.9 cm³/mol. The van der Waals surface area contributed by atoms with Crippen molar-refractivity contribution in [3.05, 3.63) is 0 Å². The van der Waals surface area contributed by atoms with Gasteiger partial charge in [0.15, 0.2) is 0 Å². The molecule has 3 aliphatic rings.